The van der Waals surface area contributed by atoms with Crippen LogP contribution in [-0.2, 0) is 16.1 Å². The third kappa shape index (κ3) is 6.22. The highest BCUT2D eigenvalue weighted by Crippen LogP contribution is 2.35. The molecule has 1 atom stereocenters. The van der Waals surface area contributed by atoms with Crippen molar-refractivity contribution in [3.05, 3.63) is 167 Å². The largest absolute Gasteiger partial charge is 0.489 e. The molecule has 6 rings (SSSR count). The van der Waals surface area contributed by atoms with Gasteiger partial charge in [0.05, 0.1) is 33.4 Å². The number of benzene rings is 4. The van der Waals surface area contributed by atoms with Crippen molar-refractivity contribution in [3.63, 3.8) is 0 Å². The van der Waals surface area contributed by atoms with Crippen molar-refractivity contribution in [2.24, 2.45) is 4.99 Å². The van der Waals surface area contributed by atoms with Gasteiger partial charge < -0.3 is 9.47 Å². The minimum atomic E-state index is -0.728. The molecule has 0 bridgehead atoms. The van der Waals surface area contributed by atoms with Gasteiger partial charge in [0.2, 0.25) is 0 Å². The Labute approximate surface area is 261 Å². The molecule has 0 N–H and O–H groups in total. The number of carbonyl (C=O) groups is 1. The summed E-state index contributed by atoms with van der Waals surface area (Å²) in [7, 11) is 0. The van der Waals surface area contributed by atoms with E-state index in [9.17, 15) is 19.7 Å². The summed E-state index contributed by atoms with van der Waals surface area (Å²) in [6.45, 7) is 2.19. The van der Waals surface area contributed by atoms with Crippen LogP contribution in [0.25, 0.3) is 11.8 Å². The Morgan fingerprint density at radius 2 is 1.62 bits per heavy atom. The zero-order valence-corrected chi connectivity index (χ0v) is 25.0. The molecule has 1 aliphatic rings. The summed E-state index contributed by atoms with van der Waals surface area (Å²) < 4.78 is 13.4. The highest BCUT2D eigenvalue weighted by atomic mass is 32.1. The quantitative estimate of drug-likeness (QED) is 0.124. The summed E-state index contributed by atoms with van der Waals surface area (Å²) >= 11 is 1.26. The summed E-state index contributed by atoms with van der Waals surface area (Å²) in [5.74, 6) is 0.0928. The lowest BCUT2D eigenvalue weighted by Crippen LogP contribution is -2.39. The molecular weight excluding hydrogens is 590 g/mol. The lowest BCUT2D eigenvalue weighted by atomic mass is 9.93. The molecule has 0 radical (unpaired) electrons. The second-order valence-electron chi connectivity index (χ2n) is 10.1. The fourth-order valence-electron chi connectivity index (χ4n) is 5.08. The summed E-state index contributed by atoms with van der Waals surface area (Å²) in [6.07, 6.45) is 1.79. The number of hydrogen-bond donors (Lipinski definition) is 0. The van der Waals surface area contributed by atoms with Crippen molar-refractivity contribution in [3.8, 4) is 5.75 Å². The smallest absolute Gasteiger partial charge is 0.338 e. The maximum Gasteiger partial charge on any atom is 0.338 e. The normalized spacial score (nSPS) is 14.4. The van der Waals surface area contributed by atoms with Gasteiger partial charge in [-0.05, 0) is 54.0 Å². The van der Waals surface area contributed by atoms with Crippen LogP contribution in [0.5, 0.6) is 5.75 Å². The summed E-state index contributed by atoms with van der Waals surface area (Å²) in [4.78, 5) is 43.3. The van der Waals surface area contributed by atoms with Crippen LogP contribution in [0.2, 0.25) is 0 Å². The molecular formula is C35H27N3O6S. The van der Waals surface area contributed by atoms with Gasteiger partial charge in [0.15, 0.2) is 4.80 Å². The average Bonchev–Trinajstić information content (AvgIpc) is 3.38. The van der Waals surface area contributed by atoms with E-state index >= 15 is 0 Å². The van der Waals surface area contributed by atoms with Gasteiger partial charge in [0, 0.05) is 17.7 Å². The van der Waals surface area contributed by atoms with Gasteiger partial charge in [-0.1, -0.05) is 84.1 Å². The lowest BCUT2D eigenvalue weighted by molar-refractivity contribution is -0.384. The summed E-state index contributed by atoms with van der Waals surface area (Å²) in [5, 5.41) is 10.9. The van der Waals surface area contributed by atoms with E-state index in [2.05, 4.69) is 0 Å². The van der Waals surface area contributed by atoms with E-state index < -0.39 is 16.9 Å². The third-order valence-corrected chi connectivity index (χ3v) is 8.20. The Bertz CT molecular complexity index is 2070. The van der Waals surface area contributed by atoms with Crippen molar-refractivity contribution >= 4 is 34.8 Å². The van der Waals surface area contributed by atoms with E-state index in [1.54, 1.807) is 41.8 Å². The Morgan fingerprint density at radius 1 is 0.956 bits per heavy atom. The number of thiazole rings is 1. The molecule has 0 saturated heterocycles. The Balaban J connectivity index is 1.37. The van der Waals surface area contributed by atoms with Gasteiger partial charge in [0.25, 0.3) is 11.2 Å². The minimum Gasteiger partial charge on any atom is -0.489 e. The van der Waals surface area contributed by atoms with Crippen LogP contribution in [0.15, 0.2) is 125 Å². The number of nitro benzene ring substituents is 1. The number of fused-ring (bicyclic) bond motifs is 1. The SMILES string of the molecule is CCOC(=O)C1=C(c2ccccc2)N=c2s/c(=C\c3ccc(OCc4ccc([N+](=O)[O-])cc4)cc3)c(=O)n2C1c1ccccc1. The predicted molar refractivity (Wildman–Crippen MR) is 171 cm³/mol. The Hall–Kier alpha value is -5.61. The predicted octanol–water partition coefficient (Wildman–Crippen LogP) is 5.42. The molecule has 224 valence electrons. The second-order valence-corrected chi connectivity index (χ2v) is 11.1. The molecule has 9 nitrogen and oxygen atoms in total. The molecule has 1 aliphatic heterocycles. The first kappa shape index (κ1) is 29.5. The highest BCUT2D eigenvalue weighted by Gasteiger charge is 2.35. The molecule has 0 aliphatic carbocycles. The Morgan fingerprint density at radius 3 is 2.27 bits per heavy atom. The van der Waals surface area contributed by atoms with Crippen molar-refractivity contribution in [1.82, 2.24) is 4.57 Å². The van der Waals surface area contributed by atoms with Crippen molar-refractivity contribution in [2.45, 2.75) is 19.6 Å². The fourth-order valence-corrected chi connectivity index (χ4v) is 6.08. The average molecular weight is 618 g/mol. The summed E-state index contributed by atoms with van der Waals surface area (Å²) in [6, 6.07) is 31.6. The molecule has 1 aromatic heterocycles. The Kier molecular flexibility index (Phi) is 8.47. The van der Waals surface area contributed by atoms with Crippen LogP contribution in [0, 0.1) is 10.1 Å². The molecule has 0 spiro atoms. The van der Waals surface area contributed by atoms with Crippen LogP contribution in [0.1, 0.15) is 35.2 Å². The number of nitrogens with zero attached hydrogens (tertiary/aromatic N) is 3. The van der Waals surface area contributed by atoms with E-state index in [1.807, 2.05) is 72.8 Å². The van der Waals surface area contributed by atoms with Crippen LogP contribution in [0.4, 0.5) is 5.69 Å². The second kappa shape index (κ2) is 12.9. The van der Waals surface area contributed by atoms with E-state index in [0.29, 0.717) is 26.4 Å². The molecule has 0 saturated carbocycles. The van der Waals surface area contributed by atoms with Gasteiger partial charge in [-0.3, -0.25) is 19.5 Å². The number of rotatable bonds is 9. The molecule has 0 fully saturated rings. The van der Waals surface area contributed by atoms with Crippen molar-refractivity contribution in [2.75, 3.05) is 6.61 Å². The molecule has 10 heteroatoms. The van der Waals surface area contributed by atoms with E-state index in [4.69, 9.17) is 14.5 Å². The first-order chi connectivity index (χ1) is 21.9. The maximum absolute atomic E-state index is 14.0. The van der Waals surface area contributed by atoms with Crippen LogP contribution in [0.3, 0.4) is 0 Å². The van der Waals surface area contributed by atoms with Gasteiger partial charge >= 0.3 is 5.97 Å². The molecule has 4 aromatic carbocycles. The van der Waals surface area contributed by atoms with Crippen LogP contribution >= 0.6 is 11.3 Å². The molecule has 2 heterocycles. The standard InChI is InChI=1S/C35H27N3O6S/c1-2-43-34(40)30-31(25-9-5-3-6-10-25)36-35-37(32(30)26-11-7-4-8-12-26)33(39)29(45-35)21-23-15-19-28(20-16-23)44-22-24-13-17-27(18-14-24)38(41)42/h3-21,32H,2,22H2,1H3/b29-21-. The molecule has 0 amide bonds. The summed E-state index contributed by atoms with van der Waals surface area (Å²) in [5.41, 5.74) is 3.65. The number of carbonyl (C=O) groups excluding carboxylic acids is 1. The van der Waals surface area contributed by atoms with E-state index in [1.165, 1.54) is 23.5 Å². The zero-order valence-electron chi connectivity index (χ0n) is 24.2. The van der Waals surface area contributed by atoms with Gasteiger partial charge in [-0.2, -0.15) is 0 Å². The number of hydrogen-bond acceptors (Lipinski definition) is 8. The molecule has 45 heavy (non-hydrogen) atoms. The van der Waals surface area contributed by atoms with Gasteiger partial charge in [-0.25, -0.2) is 9.79 Å². The highest BCUT2D eigenvalue weighted by molar-refractivity contribution is 7.07. The number of esters is 1. The van der Waals surface area contributed by atoms with Gasteiger partial charge in [0.1, 0.15) is 12.4 Å². The number of non-ortho nitro benzene ring substituents is 1. The van der Waals surface area contributed by atoms with Crippen molar-refractivity contribution < 1.29 is 19.2 Å². The van der Waals surface area contributed by atoms with Crippen molar-refractivity contribution in [1.29, 1.82) is 0 Å². The first-order valence-corrected chi connectivity index (χ1v) is 15.0. The zero-order chi connectivity index (χ0) is 31.3. The monoisotopic (exact) mass is 617 g/mol. The lowest BCUT2D eigenvalue weighted by Gasteiger charge is -2.25. The van der Waals surface area contributed by atoms with E-state index in [-0.39, 0.29) is 24.5 Å². The maximum atomic E-state index is 14.0. The third-order valence-electron chi connectivity index (χ3n) is 7.22. The molecule has 1 unspecified atom stereocenters. The van der Waals surface area contributed by atoms with E-state index in [0.717, 1.165) is 22.3 Å². The van der Waals surface area contributed by atoms with Crippen LogP contribution in [-0.4, -0.2) is 22.1 Å². The van der Waals surface area contributed by atoms with Crippen LogP contribution < -0.4 is 19.6 Å². The van der Waals surface area contributed by atoms with Gasteiger partial charge in [-0.15, -0.1) is 0 Å². The number of ether oxygens (including phenoxy) is 2. The first-order valence-electron chi connectivity index (χ1n) is 14.2. The topological polar surface area (TPSA) is 113 Å². The fraction of sp³-hybridized carbons (Fsp3) is 0.114. The molecule has 5 aromatic rings. The minimum absolute atomic E-state index is 0.0249. The number of nitro groups is 1. The number of aromatic nitrogens is 1.